The highest BCUT2D eigenvalue weighted by molar-refractivity contribution is 5.96. The van der Waals surface area contributed by atoms with E-state index in [1.165, 1.54) is 25.7 Å². The summed E-state index contributed by atoms with van der Waals surface area (Å²) < 4.78 is 0. The highest BCUT2D eigenvalue weighted by Gasteiger charge is 2.40. The zero-order valence-electron chi connectivity index (χ0n) is 11.5. The first kappa shape index (κ1) is 13.2. The lowest BCUT2D eigenvalue weighted by molar-refractivity contribution is -0.117. The molecule has 20 heavy (non-hydrogen) atoms. The summed E-state index contributed by atoms with van der Waals surface area (Å²) in [5, 5.41) is 2.88. The van der Waals surface area contributed by atoms with E-state index in [0.29, 0.717) is 23.6 Å². The van der Waals surface area contributed by atoms with Crippen molar-refractivity contribution in [2.24, 2.45) is 23.5 Å². The zero-order valence-corrected chi connectivity index (χ0v) is 11.5. The predicted molar refractivity (Wildman–Crippen MR) is 77.1 cm³/mol. The number of amides is 2. The van der Waals surface area contributed by atoms with Gasteiger partial charge in [0.25, 0.3) is 0 Å². The van der Waals surface area contributed by atoms with Crippen LogP contribution in [0.15, 0.2) is 24.3 Å². The molecule has 2 saturated carbocycles. The smallest absolute Gasteiger partial charge is 0.248 e. The van der Waals surface area contributed by atoms with Gasteiger partial charge in [0.05, 0.1) is 0 Å². The van der Waals surface area contributed by atoms with Gasteiger partial charge in [-0.25, -0.2) is 0 Å². The van der Waals surface area contributed by atoms with Gasteiger partial charge in [-0.1, -0.05) is 12.5 Å². The fourth-order valence-electron chi connectivity index (χ4n) is 3.83. The minimum absolute atomic E-state index is 0.0455. The highest BCUT2D eigenvalue weighted by atomic mass is 16.2. The average molecular weight is 272 g/mol. The van der Waals surface area contributed by atoms with Crippen molar-refractivity contribution in [1.29, 1.82) is 0 Å². The number of primary amides is 1. The number of carbonyl (C=O) groups excluding carboxylic acids is 2. The quantitative estimate of drug-likeness (QED) is 0.884. The van der Waals surface area contributed by atoms with Gasteiger partial charge in [-0.05, 0) is 55.2 Å². The second kappa shape index (κ2) is 5.27. The molecule has 2 amide bonds. The number of rotatable bonds is 4. The third-order valence-electron chi connectivity index (χ3n) is 4.76. The van der Waals surface area contributed by atoms with Gasteiger partial charge in [-0.15, -0.1) is 0 Å². The summed E-state index contributed by atoms with van der Waals surface area (Å²) >= 11 is 0. The predicted octanol–water partition coefficient (Wildman–Crippen LogP) is 2.55. The molecule has 106 valence electrons. The fraction of sp³-hybridized carbons (Fsp3) is 0.500. The molecule has 3 atom stereocenters. The number of nitrogens with two attached hydrogens (primary N) is 1. The van der Waals surface area contributed by atoms with Crippen LogP contribution in [0.1, 0.15) is 42.5 Å². The molecule has 0 heterocycles. The molecule has 3 rings (SSSR count). The molecule has 2 aliphatic carbocycles. The van der Waals surface area contributed by atoms with Crippen molar-refractivity contribution in [3.05, 3.63) is 29.8 Å². The maximum Gasteiger partial charge on any atom is 0.248 e. The standard InChI is InChI=1S/C16H20N2O2/c17-16(20)12-2-1-3-14(8-12)18-15(19)9-13-7-10-4-5-11(13)6-10/h1-3,8,10-11,13H,4-7,9H2,(H2,17,20)(H,18,19)/t10-,11-,13-/m0/s1. The lowest BCUT2D eigenvalue weighted by Gasteiger charge is -2.20. The molecule has 2 aliphatic rings. The summed E-state index contributed by atoms with van der Waals surface area (Å²) in [6.45, 7) is 0. The van der Waals surface area contributed by atoms with Gasteiger partial charge >= 0.3 is 0 Å². The third-order valence-corrected chi connectivity index (χ3v) is 4.76. The lowest BCUT2D eigenvalue weighted by atomic mass is 9.86. The van der Waals surface area contributed by atoms with Crippen LogP contribution in [0.2, 0.25) is 0 Å². The molecule has 0 aromatic heterocycles. The van der Waals surface area contributed by atoms with E-state index in [-0.39, 0.29) is 5.91 Å². The Morgan fingerprint density at radius 1 is 1.25 bits per heavy atom. The van der Waals surface area contributed by atoms with Gasteiger partial charge in [0.1, 0.15) is 0 Å². The largest absolute Gasteiger partial charge is 0.366 e. The van der Waals surface area contributed by atoms with Crippen LogP contribution in [0, 0.1) is 17.8 Å². The van der Waals surface area contributed by atoms with Crippen molar-refractivity contribution in [3.8, 4) is 0 Å². The Labute approximate surface area is 118 Å². The van der Waals surface area contributed by atoms with Gasteiger partial charge in [0.2, 0.25) is 11.8 Å². The minimum atomic E-state index is -0.478. The number of nitrogens with one attached hydrogen (secondary N) is 1. The van der Waals surface area contributed by atoms with Crippen LogP contribution in [0.25, 0.3) is 0 Å². The Hall–Kier alpha value is -1.84. The van der Waals surface area contributed by atoms with Gasteiger partial charge in [-0.2, -0.15) is 0 Å². The molecule has 0 spiro atoms. The van der Waals surface area contributed by atoms with Gasteiger partial charge in [0.15, 0.2) is 0 Å². The fourth-order valence-corrected chi connectivity index (χ4v) is 3.83. The van der Waals surface area contributed by atoms with Crippen molar-refractivity contribution < 1.29 is 9.59 Å². The second-order valence-corrected chi connectivity index (χ2v) is 6.13. The molecule has 4 nitrogen and oxygen atoms in total. The lowest BCUT2D eigenvalue weighted by Crippen LogP contribution is -2.20. The summed E-state index contributed by atoms with van der Waals surface area (Å²) in [6, 6.07) is 6.79. The number of hydrogen-bond donors (Lipinski definition) is 2. The molecule has 0 saturated heterocycles. The van der Waals surface area contributed by atoms with E-state index in [0.717, 1.165) is 11.8 Å². The summed E-state index contributed by atoms with van der Waals surface area (Å²) in [5.74, 6) is 1.73. The van der Waals surface area contributed by atoms with Crippen LogP contribution in [0.4, 0.5) is 5.69 Å². The Morgan fingerprint density at radius 3 is 2.75 bits per heavy atom. The Bertz CT molecular complexity index is 541. The molecule has 4 heteroatoms. The van der Waals surface area contributed by atoms with Crippen LogP contribution in [0.3, 0.4) is 0 Å². The second-order valence-electron chi connectivity index (χ2n) is 6.13. The van der Waals surface area contributed by atoms with E-state index in [9.17, 15) is 9.59 Å². The van der Waals surface area contributed by atoms with Crippen molar-refractivity contribution in [2.45, 2.75) is 32.1 Å². The molecule has 0 unspecified atom stereocenters. The van der Waals surface area contributed by atoms with E-state index >= 15 is 0 Å². The van der Waals surface area contributed by atoms with Crippen LogP contribution in [-0.4, -0.2) is 11.8 Å². The topological polar surface area (TPSA) is 72.2 Å². The molecular weight excluding hydrogens is 252 g/mol. The SMILES string of the molecule is NC(=O)c1cccc(NC(=O)C[C@@H]2C[C@H]3CC[C@H]2C3)c1. The number of benzene rings is 1. The molecule has 0 aliphatic heterocycles. The van der Waals surface area contributed by atoms with Crippen LogP contribution in [-0.2, 0) is 4.79 Å². The number of anilines is 1. The number of hydrogen-bond acceptors (Lipinski definition) is 2. The summed E-state index contributed by atoms with van der Waals surface area (Å²) in [6.07, 6.45) is 5.76. The monoisotopic (exact) mass is 272 g/mol. The molecule has 2 bridgehead atoms. The third kappa shape index (κ3) is 2.69. The van der Waals surface area contributed by atoms with Gasteiger partial charge in [0, 0.05) is 17.7 Å². The van der Waals surface area contributed by atoms with Crippen molar-refractivity contribution in [1.82, 2.24) is 0 Å². The minimum Gasteiger partial charge on any atom is -0.366 e. The Kier molecular flexibility index (Phi) is 3.47. The Balaban J connectivity index is 1.59. The van der Waals surface area contributed by atoms with E-state index in [1.54, 1.807) is 24.3 Å². The van der Waals surface area contributed by atoms with E-state index in [2.05, 4.69) is 5.32 Å². The molecule has 2 fully saturated rings. The van der Waals surface area contributed by atoms with Crippen LogP contribution < -0.4 is 11.1 Å². The highest BCUT2D eigenvalue weighted by Crippen LogP contribution is 2.49. The number of fused-ring (bicyclic) bond motifs is 2. The van der Waals surface area contributed by atoms with Gasteiger partial charge < -0.3 is 11.1 Å². The Morgan fingerprint density at radius 2 is 2.10 bits per heavy atom. The van der Waals surface area contributed by atoms with Gasteiger partial charge in [-0.3, -0.25) is 9.59 Å². The van der Waals surface area contributed by atoms with Crippen molar-refractivity contribution >= 4 is 17.5 Å². The van der Waals surface area contributed by atoms with E-state index in [1.807, 2.05) is 0 Å². The van der Waals surface area contributed by atoms with E-state index in [4.69, 9.17) is 5.73 Å². The normalized spacial score (nSPS) is 27.5. The average Bonchev–Trinajstić information content (AvgIpc) is 3.01. The summed E-state index contributed by atoms with van der Waals surface area (Å²) in [4.78, 5) is 23.2. The summed E-state index contributed by atoms with van der Waals surface area (Å²) in [5.41, 5.74) is 6.30. The first-order valence-electron chi connectivity index (χ1n) is 7.31. The summed E-state index contributed by atoms with van der Waals surface area (Å²) in [7, 11) is 0. The van der Waals surface area contributed by atoms with Crippen molar-refractivity contribution in [2.75, 3.05) is 5.32 Å². The molecule has 1 aromatic rings. The van der Waals surface area contributed by atoms with Crippen molar-refractivity contribution in [3.63, 3.8) is 0 Å². The number of carbonyl (C=O) groups is 2. The molecule has 1 aromatic carbocycles. The maximum atomic E-state index is 12.1. The zero-order chi connectivity index (χ0) is 14.1. The molecule has 3 N–H and O–H groups in total. The van der Waals surface area contributed by atoms with Crippen LogP contribution >= 0.6 is 0 Å². The first-order chi connectivity index (χ1) is 9.61. The van der Waals surface area contributed by atoms with E-state index < -0.39 is 5.91 Å². The molecular formula is C16H20N2O2. The van der Waals surface area contributed by atoms with Crippen LogP contribution in [0.5, 0.6) is 0 Å². The first-order valence-corrected chi connectivity index (χ1v) is 7.31. The maximum absolute atomic E-state index is 12.1. The molecule has 0 radical (unpaired) electrons.